The number of Topliss-reactive ketones (excluding diaryl/α,β-unsaturated/α-hetero) is 1. The molecular weight excluding hydrogens is 352 g/mol. The van der Waals surface area contributed by atoms with Gasteiger partial charge in [0.25, 0.3) is 0 Å². The molecule has 28 heavy (non-hydrogen) atoms. The zero-order valence-corrected chi connectivity index (χ0v) is 18.3. The molecule has 4 aliphatic rings. The molecule has 0 spiro atoms. The number of hydrogen-bond donors (Lipinski definition) is 1. The van der Waals surface area contributed by atoms with Crippen molar-refractivity contribution in [1.29, 1.82) is 0 Å². The summed E-state index contributed by atoms with van der Waals surface area (Å²) in [5.74, 6) is 1.61. The lowest BCUT2D eigenvalue weighted by Gasteiger charge is -2.64. The summed E-state index contributed by atoms with van der Waals surface area (Å²) in [7, 11) is 1.48. The fourth-order valence-electron chi connectivity index (χ4n) is 8.80. The Morgan fingerprint density at radius 1 is 1.07 bits per heavy atom. The molecule has 0 radical (unpaired) electrons. The first-order valence-electron chi connectivity index (χ1n) is 11.4. The number of methoxy groups -OCH3 is 1. The van der Waals surface area contributed by atoms with Crippen LogP contribution in [0.25, 0.3) is 0 Å². The molecule has 4 unspecified atom stereocenters. The smallest absolute Gasteiger partial charge is 0.308 e. The number of carbonyl (C=O) groups excluding carboxylic acids is 2. The lowest BCUT2D eigenvalue weighted by molar-refractivity contribution is -0.186. The van der Waals surface area contributed by atoms with Crippen LogP contribution in [0.15, 0.2) is 0 Å². The Bertz CT molecular complexity index is 674. The number of hydrogen-bond acceptors (Lipinski definition) is 4. The molecule has 0 aromatic carbocycles. The SMILES string of the molecule is COC(=O)[C@@H](C)C1CC[C@@H]2C1(C)CC[C@@H]1C3(C)CC[C@@H](O)CC3CC(=O)[C@]12C. The molecule has 1 N–H and O–H groups in total. The van der Waals surface area contributed by atoms with E-state index in [4.69, 9.17) is 4.74 Å². The minimum atomic E-state index is -0.287. The number of aliphatic hydroxyl groups is 1. The van der Waals surface area contributed by atoms with Crippen LogP contribution in [-0.2, 0) is 14.3 Å². The summed E-state index contributed by atoms with van der Waals surface area (Å²) < 4.78 is 5.07. The second kappa shape index (κ2) is 6.55. The maximum atomic E-state index is 13.6. The van der Waals surface area contributed by atoms with Gasteiger partial charge in [0.1, 0.15) is 5.78 Å². The maximum absolute atomic E-state index is 13.6. The summed E-state index contributed by atoms with van der Waals surface area (Å²) >= 11 is 0. The van der Waals surface area contributed by atoms with Crippen LogP contribution in [0.4, 0.5) is 0 Å². The Labute approximate surface area is 169 Å². The van der Waals surface area contributed by atoms with Crippen LogP contribution in [-0.4, -0.2) is 30.1 Å². The van der Waals surface area contributed by atoms with Gasteiger partial charge in [-0.2, -0.15) is 0 Å². The van der Waals surface area contributed by atoms with Crippen LogP contribution in [0.5, 0.6) is 0 Å². The lowest BCUT2D eigenvalue weighted by Crippen LogP contribution is -2.63. The molecule has 4 aliphatic carbocycles. The molecular formula is C24H38O4. The van der Waals surface area contributed by atoms with Gasteiger partial charge in [0, 0.05) is 11.8 Å². The molecule has 0 aromatic rings. The van der Waals surface area contributed by atoms with Crippen LogP contribution in [0.2, 0.25) is 0 Å². The number of aliphatic hydroxyl groups excluding tert-OH is 1. The monoisotopic (exact) mass is 390 g/mol. The minimum absolute atomic E-state index is 0.0336. The predicted molar refractivity (Wildman–Crippen MR) is 107 cm³/mol. The van der Waals surface area contributed by atoms with Gasteiger partial charge in [-0.1, -0.05) is 27.7 Å². The van der Waals surface area contributed by atoms with Gasteiger partial charge >= 0.3 is 5.97 Å². The fraction of sp³-hybridized carbons (Fsp3) is 0.917. The van der Waals surface area contributed by atoms with Gasteiger partial charge in [0.2, 0.25) is 0 Å². The first-order chi connectivity index (χ1) is 13.1. The van der Waals surface area contributed by atoms with E-state index in [1.807, 2.05) is 6.92 Å². The third-order valence-electron chi connectivity index (χ3n) is 10.3. The second-order valence-electron chi connectivity index (χ2n) is 11.2. The van der Waals surface area contributed by atoms with Gasteiger partial charge in [-0.15, -0.1) is 0 Å². The van der Waals surface area contributed by atoms with Crippen molar-refractivity contribution in [3.05, 3.63) is 0 Å². The first kappa shape index (κ1) is 20.4. The van der Waals surface area contributed by atoms with Crippen molar-refractivity contribution in [2.45, 2.75) is 85.2 Å². The van der Waals surface area contributed by atoms with Crippen molar-refractivity contribution in [2.75, 3.05) is 7.11 Å². The molecule has 4 saturated carbocycles. The number of fused-ring (bicyclic) bond motifs is 5. The zero-order chi connectivity index (χ0) is 20.5. The van der Waals surface area contributed by atoms with Gasteiger partial charge < -0.3 is 9.84 Å². The quantitative estimate of drug-likeness (QED) is 0.711. The van der Waals surface area contributed by atoms with Crippen LogP contribution in [0.3, 0.4) is 0 Å². The van der Waals surface area contributed by atoms with Gasteiger partial charge in [-0.05, 0) is 79.4 Å². The summed E-state index contributed by atoms with van der Waals surface area (Å²) in [6.07, 6.45) is 7.33. The largest absolute Gasteiger partial charge is 0.469 e. The molecule has 4 rings (SSSR count). The highest BCUT2D eigenvalue weighted by Gasteiger charge is 2.68. The Morgan fingerprint density at radius 3 is 2.39 bits per heavy atom. The fourth-order valence-corrected chi connectivity index (χ4v) is 8.80. The van der Waals surface area contributed by atoms with E-state index in [1.165, 1.54) is 7.11 Å². The average molecular weight is 391 g/mol. The molecule has 4 heteroatoms. The van der Waals surface area contributed by atoms with Crippen LogP contribution < -0.4 is 0 Å². The van der Waals surface area contributed by atoms with Gasteiger partial charge in [-0.3, -0.25) is 9.59 Å². The Balaban J connectivity index is 1.69. The lowest BCUT2D eigenvalue weighted by atomic mass is 9.39. The number of ether oxygens (including phenoxy) is 1. The van der Waals surface area contributed by atoms with E-state index in [0.717, 1.165) is 44.9 Å². The van der Waals surface area contributed by atoms with Gasteiger partial charge in [-0.25, -0.2) is 0 Å². The number of carbonyl (C=O) groups is 2. The van der Waals surface area contributed by atoms with E-state index >= 15 is 0 Å². The number of esters is 1. The van der Waals surface area contributed by atoms with E-state index < -0.39 is 0 Å². The van der Waals surface area contributed by atoms with Crippen LogP contribution in [0.1, 0.15) is 79.1 Å². The number of rotatable bonds is 2. The van der Waals surface area contributed by atoms with E-state index in [1.54, 1.807) is 0 Å². The molecule has 0 amide bonds. The zero-order valence-electron chi connectivity index (χ0n) is 18.3. The minimum Gasteiger partial charge on any atom is -0.469 e. The third-order valence-corrected chi connectivity index (χ3v) is 10.3. The van der Waals surface area contributed by atoms with Crippen molar-refractivity contribution >= 4 is 11.8 Å². The maximum Gasteiger partial charge on any atom is 0.308 e. The van der Waals surface area contributed by atoms with Gasteiger partial charge in [0.15, 0.2) is 0 Å². The molecule has 0 heterocycles. The van der Waals surface area contributed by atoms with Crippen molar-refractivity contribution in [3.8, 4) is 0 Å². The Hall–Kier alpha value is -0.900. The van der Waals surface area contributed by atoms with Crippen molar-refractivity contribution in [2.24, 2.45) is 45.8 Å². The van der Waals surface area contributed by atoms with Crippen molar-refractivity contribution in [3.63, 3.8) is 0 Å². The van der Waals surface area contributed by atoms with E-state index in [0.29, 0.717) is 35.9 Å². The molecule has 0 bridgehead atoms. The Kier molecular flexibility index (Phi) is 4.77. The molecule has 9 atom stereocenters. The summed E-state index contributed by atoms with van der Waals surface area (Å²) in [5, 5.41) is 10.2. The molecule has 0 saturated heterocycles. The number of ketones is 1. The van der Waals surface area contributed by atoms with Crippen molar-refractivity contribution < 1.29 is 19.4 Å². The molecule has 4 fully saturated rings. The highest BCUT2D eigenvalue weighted by atomic mass is 16.5. The molecule has 158 valence electrons. The second-order valence-corrected chi connectivity index (χ2v) is 11.2. The van der Waals surface area contributed by atoms with E-state index in [-0.39, 0.29) is 34.2 Å². The highest BCUT2D eigenvalue weighted by Crippen LogP contribution is 2.71. The first-order valence-corrected chi connectivity index (χ1v) is 11.4. The molecule has 0 aromatic heterocycles. The van der Waals surface area contributed by atoms with Crippen LogP contribution in [0, 0.1) is 45.8 Å². The summed E-state index contributed by atoms with van der Waals surface area (Å²) in [6, 6.07) is 0. The third kappa shape index (κ3) is 2.52. The summed E-state index contributed by atoms with van der Waals surface area (Å²) in [6.45, 7) is 9.04. The standard InChI is InChI=1S/C24H38O4/c1-14(21(27)28-5)17-6-7-18-23(17,3)11-9-19-22(2)10-8-16(25)12-15(22)13-20(26)24(18,19)4/h14-19,25H,6-13H2,1-5H3/t14-,15?,16+,17?,18+,19+,22?,23?,24-/m0/s1. The van der Waals surface area contributed by atoms with E-state index in [2.05, 4.69) is 20.8 Å². The Morgan fingerprint density at radius 2 is 1.71 bits per heavy atom. The predicted octanol–water partition coefficient (Wildman–Crippen LogP) is 4.38. The summed E-state index contributed by atoms with van der Waals surface area (Å²) in [5.41, 5.74) is -0.0910. The average Bonchev–Trinajstić information content (AvgIpc) is 3.01. The molecule has 4 nitrogen and oxygen atoms in total. The molecule has 0 aliphatic heterocycles. The van der Waals surface area contributed by atoms with Gasteiger partial charge in [0.05, 0.1) is 19.1 Å². The van der Waals surface area contributed by atoms with E-state index in [9.17, 15) is 14.7 Å². The summed E-state index contributed by atoms with van der Waals surface area (Å²) in [4.78, 5) is 25.9. The normalized spacial score (nSPS) is 51.6. The topological polar surface area (TPSA) is 63.6 Å². The highest BCUT2D eigenvalue weighted by molar-refractivity contribution is 5.87. The van der Waals surface area contributed by atoms with Crippen molar-refractivity contribution in [1.82, 2.24) is 0 Å². The van der Waals surface area contributed by atoms with Crippen LogP contribution >= 0.6 is 0 Å².